The lowest BCUT2D eigenvalue weighted by Crippen LogP contribution is -2.48. The molecule has 3 aromatic heterocycles. The van der Waals surface area contributed by atoms with E-state index >= 15 is 0 Å². The average molecular weight is 541 g/mol. The number of imidazole rings is 1. The Bertz CT molecular complexity index is 1780. The Labute approximate surface area is 229 Å². The molecule has 1 atom stereocenters. The molecule has 0 saturated carbocycles. The largest absolute Gasteiger partial charge is 0.348 e. The molecule has 1 aliphatic rings. The molecule has 0 aliphatic carbocycles. The number of hydrogen-bond acceptors (Lipinski definition) is 8. The molecule has 12 heteroatoms. The Kier molecular flexibility index (Phi) is 7.29. The molecule has 1 saturated heterocycles. The van der Waals surface area contributed by atoms with Crippen LogP contribution in [-0.2, 0) is 20.1 Å². The molecular formula is C28H28N8O4. The van der Waals surface area contributed by atoms with Crippen LogP contribution in [0.1, 0.15) is 51.7 Å². The summed E-state index contributed by atoms with van der Waals surface area (Å²) < 4.78 is 4.19. The van der Waals surface area contributed by atoms with E-state index in [0.29, 0.717) is 54.3 Å². The molecule has 0 bridgehead atoms. The minimum atomic E-state index is -0.558. The maximum absolute atomic E-state index is 13.7. The molecule has 1 fully saturated rings. The predicted octanol–water partition coefficient (Wildman–Crippen LogP) is 1.44. The third-order valence-corrected chi connectivity index (χ3v) is 7.22. The second-order valence-corrected chi connectivity index (χ2v) is 9.63. The fourth-order valence-corrected chi connectivity index (χ4v) is 5.20. The highest BCUT2D eigenvalue weighted by Crippen LogP contribution is 2.23. The molecule has 1 aromatic carbocycles. The van der Waals surface area contributed by atoms with Gasteiger partial charge in [0.1, 0.15) is 6.07 Å². The van der Waals surface area contributed by atoms with E-state index in [4.69, 9.17) is 4.98 Å². The van der Waals surface area contributed by atoms with Gasteiger partial charge in [-0.05, 0) is 38.0 Å². The first-order valence-corrected chi connectivity index (χ1v) is 13.0. The first-order valence-electron chi connectivity index (χ1n) is 13.0. The van der Waals surface area contributed by atoms with E-state index in [2.05, 4.69) is 16.4 Å². The van der Waals surface area contributed by atoms with Crippen molar-refractivity contribution < 1.29 is 9.59 Å². The summed E-state index contributed by atoms with van der Waals surface area (Å²) in [5, 5.41) is 12.5. The fraction of sp³-hybridized carbons (Fsp3) is 0.321. The molecule has 0 unspecified atom stereocenters. The molecule has 4 aromatic rings. The smallest absolute Gasteiger partial charge is 0.332 e. The summed E-state index contributed by atoms with van der Waals surface area (Å²) in [5.74, 6) is 0.209. The summed E-state index contributed by atoms with van der Waals surface area (Å²) in [5.41, 5.74) is 0.729. The van der Waals surface area contributed by atoms with Crippen molar-refractivity contribution in [2.24, 2.45) is 7.05 Å². The van der Waals surface area contributed by atoms with Gasteiger partial charge in [-0.3, -0.25) is 28.5 Å². The highest BCUT2D eigenvalue weighted by molar-refractivity contribution is 6.01. The maximum Gasteiger partial charge on any atom is 0.332 e. The van der Waals surface area contributed by atoms with Crippen LogP contribution < -0.4 is 21.5 Å². The third-order valence-electron chi connectivity index (χ3n) is 7.22. The van der Waals surface area contributed by atoms with E-state index in [1.807, 2.05) is 11.8 Å². The van der Waals surface area contributed by atoms with Crippen molar-refractivity contribution >= 4 is 29.3 Å². The zero-order valence-corrected chi connectivity index (χ0v) is 22.2. The monoisotopic (exact) mass is 540 g/mol. The number of rotatable bonds is 7. The van der Waals surface area contributed by atoms with Gasteiger partial charge in [-0.25, -0.2) is 4.79 Å². The van der Waals surface area contributed by atoms with E-state index < -0.39 is 11.2 Å². The Morgan fingerprint density at radius 3 is 2.75 bits per heavy atom. The summed E-state index contributed by atoms with van der Waals surface area (Å²) in [7, 11) is 1.56. The number of benzene rings is 1. The van der Waals surface area contributed by atoms with Gasteiger partial charge in [0.2, 0.25) is 5.95 Å². The SMILES string of the molecule is CCn1c(N2CCC[C@@H](NC(=O)c3ccccc3C=O)C2)nc2c1c(=O)n(Cc1ncccc1C#N)c(=O)n2C. The lowest BCUT2D eigenvalue weighted by molar-refractivity contribution is 0.0928. The number of nitriles is 1. The van der Waals surface area contributed by atoms with Crippen LogP contribution in [-0.4, -0.2) is 55.0 Å². The molecule has 40 heavy (non-hydrogen) atoms. The van der Waals surface area contributed by atoms with Crippen molar-refractivity contribution in [2.75, 3.05) is 18.0 Å². The molecule has 0 radical (unpaired) electrons. The first kappa shape index (κ1) is 26.6. The van der Waals surface area contributed by atoms with Gasteiger partial charge in [-0.1, -0.05) is 18.2 Å². The molecule has 12 nitrogen and oxygen atoms in total. The van der Waals surface area contributed by atoms with Gasteiger partial charge in [0, 0.05) is 50.0 Å². The van der Waals surface area contributed by atoms with E-state index in [1.54, 1.807) is 48.0 Å². The number of carbonyl (C=O) groups is 2. The zero-order chi connectivity index (χ0) is 28.4. The molecule has 1 aliphatic heterocycles. The van der Waals surface area contributed by atoms with E-state index in [0.717, 1.165) is 17.4 Å². The minimum Gasteiger partial charge on any atom is -0.348 e. The van der Waals surface area contributed by atoms with Gasteiger partial charge in [-0.2, -0.15) is 10.2 Å². The summed E-state index contributed by atoms with van der Waals surface area (Å²) >= 11 is 0. The molecule has 0 spiro atoms. The van der Waals surface area contributed by atoms with Gasteiger partial charge in [0.25, 0.3) is 11.5 Å². The first-order chi connectivity index (χ1) is 19.4. The topological polar surface area (TPSA) is 148 Å². The Morgan fingerprint density at radius 2 is 2.00 bits per heavy atom. The van der Waals surface area contributed by atoms with Crippen molar-refractivity contribution in [3.8, 4) is 6.07 Å². The lowest BCUT2D eigenvalue weighted by atomic mass is 10.0. The number of fused-ring (bicyclic) bond motifs is 1. The highest BCUT2D eigenvalue weighted by Gasteiger charge is 2.28. The number of carbonyl (C=O) groups excluding carboxylic acids is 2. The van der Waals surface area contributed by atoms with E-state index in [1.165, 1.54) is 10.8 Å². The summed E-state index contributed by atoms with van der Waals surface area (Å²) in [4.78, 5) is 62.2. The number of anilines is 1. The van der Waals surface area contributed by atoms with Crippen LogP contribution in [0.5, 0.6) is 0 Å². The number of hydrogen-bond donors (Lipinski definition) is 1. The number of nitrogens with one attached hydrogen (secondary N) is 1. The van der Waals surface area contributed by atoms with Crippen molar-refractivity contribution in [1.82, 2.24) is 29.0 Å². The summed E-state index contributed by atoms with van der Waals surface area (Å²) in [6.45, 7) is 3.27. The minimum absolute atomic E-state index is 0.143. The van der Waals surface area contributed by atoms with E-state index in [9.17, 15) is 24.4 Å². The number of pyridine rings is 1. The van der Waals surface area contributed by atoms with Gasteiger partial charge >= 0.3 is 5.69 Å². The number of piperidine rings is 1. The Balaban J connectivity index is 1.49. The van der Waals surface area contributed by atoms with Crippen molar-refractivity contribution in [1.29, 1.82) is 5.26 Å². The Morgan fingerprint density at radius 1 is 1.20 bits per heavy atom. The molecule has 4 heterocycles. The van der Waals surface area contributed by atoms with Crippen LogP contribution in [0, 0.1) is 11.3 Å². The molecular weight excluding hydrogens is 512 g/mol. The van der Waals surface area contributed by atoms with Crippen LogP contribution in [0.2, 0.25) is 0 Å². The maximum atomic E-state index is 13.7. The summed E-state index contributed by atoms with van der Waals surface area (Å²) in [6.07, 6.45) is 3.70. The van der Waals surface area contributed by atoms with Gasteiger partial charge in [-0.15, -0.1) is 0 Å². The number of aldehydes is 1. The normalized spacial score (nSPS) is 15.1. The fourth-order valence-electron chi connectivity index (χ4n) is 5.20. The highest BCUT2D eigenvalue weighted by atomic mass is 16.2. The molecule has 5 rings (SSSR count). The van der Waals surface area contributed by atoms with E-state index in [-0.39, 0.29) is 29.7 Å². The standard InChI is InChI=1S/C28H28N8O4/c1-3-35-23-24(33(2)28(40)36(26(23)39)16-22-18(14-29)9-6-12-30-22)32-27(35)34-13-7-10-20(15-34)31-25(38)21-11-5-4-8-19(21)17-37/h4-6,8-9,11-12,17,20H,3,7,10,13,15-16H2,1-2H3,(H,31,38)/t20-/m1/s1. The van der Waals surface area contributed by atoms with Crippen LogP contribution in [0.3, 0.4) is 0 Å². The zero-order valence-electron chi connectivity index (χ0n) is 22.2. The number of aromatic nitrogens is 5. The van der Waals surface area contributed by atoms with Gasteiger partial charge in [0.05, 0.1) is 17.8 Å². The second kappa shape index (κ2) is 11.0. The van der Waals surface area contributed by atoms with Crippen molar-refractivity contribution in [3.63, 3.8) is 0 Å². The second-order valence-electron chi connectivity index (χ2n) is 9.63. The van der Waals surface area contributed by atoms with Crippen LogP contribution >= 0.6 is 0 Å². The lowest BCUT2D eigenvalue weighted by Gasteiger charge is -2.34. The van der Waals surface area contributed by atoms with Gasteiger partial charge in [0.15, 0.2) is 17.5 Å². The number of amides is 1. The van der Waals surface area contributed by atoms with Crippen molar-refractivity contribution in [3.05, 3.63) is 85.8 Å². The summed E-state index contributed by atoms with van der Waals surface area (Å²) in [6, 6.07) is 11.7. The van der Waals surface area contributed by atoms with Crippen molar-refractivity contribution in [2.45, 2.75) is 38.9 Å². The van der Waals surface area contributed by atoms with Crippen LogP contribution in [0.25, 0.3) is 11.2 Å². The predicted molar refractivity (Wildman–Crippen MR) is 147 cm³/mol. The number of aryl methyl sites for hydroxylation is 2. The average Bonchev–Trinajstić information content (AvgIpc) is 3.38. The Hall–Kier alpha value is -5.05. The third kappa shape index (κ3) is 4.66. The number of nitrogens with zero attached hydrogens (tertiary/aromatic N) is 7. The molecule has 204 valence electrons. The van der Waals surface area contributed by atoms with Gasteiger partial charge < -0.3 is 14.8 Å². The molecule has 1 amide bonds. The quantitative estimate of drug-likeness (QED) is 0.346. The van der Waals surface area contributed by atoms with Crippen LogP contribution in [0.15, 0.2) is 52.2 Å². The molecule has 1 N–H and O–H groups in total. The van der Waals surface area contributed by atoms with Crippen LogP contribution in [0.4, 0.5) is 5.95 Å².